The van der Waals surface area contributed by atoms with Crippen molar-refractivity contribution in [3.63, 3.8) is 0 Å². The van der Waals surface area contributed by atoms with Crippen LogP contribution >= 0.6 is 0 Å². The van der Waals surface area contributed by atoms with Gasteiger partial charge in [-0.3, -0.25) is 0 Å². The van der Waals surface area contributed by atoms with Crippen molar-refractivity contribution >= 4 is 0 Å². The van der Waals surface area contributed by atoms with E-state index in [0.29, 0.717) is 6.42 Å². The molecular weight excluding hydrogens is 233 g/mol. The van der Waals surface area contributed by atoms with Crippen molar-refractivity contribution in [3.05, 3.63) is 29.8 Å². The highest BCUT2D eigenvalue weighted by Crippen LogP contribution is 2.23. The van der Waals surface area contributed by atoms with Gasteiger partial charge in [-0.1, -0.05) is 25.5 Å². The van der Waals surface area contributed by atoms with Gasteiger partial charge in [-0.25, -0.2) is 0 Å². The standard InChI is InChI=1S/C12H15F3O2/c1-2-9(8-16)7-10-3-5-11(6-4-10)17-12(13,14)15/h3-6,9,16H,2,7-8H2,1H3. The molecule has 1 aromatic rings. The summed E-state index contributed by atoms with van der Waals surface area (Å²) in [6, 6.07) is 5.73. The molecule has 0 saturated carbocycles. The minimum Gasteiger partial charge on any atom is -0.406 e. The lowest BCUT2D eigenvalue weighted by Gasteiger charge is -2.12. The van der Waals surface area contributed by atoms with Gasteiger partial charge in [0.15, 0.2) is 0 Å². The summed E-state index contributed by atoms with van der Waals surface area (Å²) in [6.45, 7) is 2.04. The van der Waals surface area contributed by atoms with Gasteiger partial charge in [0, 0.05) is 6.61 Å². The number of halogens is 3. The Morgan fingerprint density at radius 1 is 1.24 bits per heavy atom. The first-order valence-corrected chi connectivity index (χ1v) is 5.40. The van der Waals surface area contributed by atoms with E-state index >= 15 is 0 Å². The van der Waals surface area contributed by atoms with E-state index in [0.717, 1.165) is 12.0 Å². The van der Waals surface area contributed by atoms with Crippen molar-refractivity contribution in [1.82, 2.24) is 0 Å². The second-order valence-electron chi connectivity index (χ2n) is 3.85. The van der Waals surface area contributed by atoms with Gasteiger partial charge in [0.1, 0.15) is 5.75 Å². The number of aliphatic hydroxyl groups excluding tert-OH is 1. The minimum absolute atomic E-state index is 0.0807. The molecule has 2 nitrogen and oxygen atoms in total. The largest absolute Gasteiger partial charge is 0.573 e. The van der Waals surface area contributed by atoms with Crippen LogP contribution in [0.3, 0.4) is 0 Å². The lowest BCUT2D eigenvalue weighted by molar-refractivity contribution is -0.274. The van der Waals surface area contributed by atoms with Crippen LogP contribution in [0.15, 0.2) is 24.3 Å². The Morgan fingerprint density at radius 2 is 1.82 bits per heavy atom. The third-order valence-corrected chi connectivity index (χ3v) is 2.52. The summed E-state index contributed by atoms with van der Waals surface area (Å²) in [6.07, 6.45) is -3.17. The lowest BCUT2D eigenvalue weighted by Crippen LogP contribution is -2.17. The number of ether oxygens (including phenoxy) is 1. The van der Waals surface area contributed by atoms with Gasteiger partial charge < -0.3 is 9.84 Å². The van der Waals surface area contributed by atoms with Crippen LogP contribution < -0.4 is 4.74 Å². The van der Waals surface area contributed by atoms with Gasteiger partial charge >= 0.3 is 6.36 Å². The molecule has 1 aromatic carbocycles. The van der Waals surface area contributed by atoms with Crippen LogP contribution in [0.5, 0.6) is 5.75 Å². The first-order chi connectivity index (χ1) is 7.94. The Labute approximate surface area is 98.0 Å². The molecule has 5 heteroatoms. The predicted molar refractivity (Wildman–Crippen MR) is 57.7 cm³/mol. The Hall–Kier alpha value is -1.23. The third-order valence-electron chi connectivity index (χ3n) is 2.52. The SMILES string of the molecule is CCC(CO)Cc1ccc(OC(F)(F)F)cc1. The van der Waals surface area contributed by atoms with E-state index in [1.807, 2.05) is 6.92 Å². The molecular formula is C12H15F3O2. The molecule has 1 unspecified atom stereocenters. The van der Waals surface area contributed by atoms with E-state index in [4.69, 9.17) is 5.11 Å². The lowest BCUT2D eigenvalue weighted by atomic mass is 9.98. The zero-order chi connectivity index (χ0) is 12.9. The number of hydrogen-bond donors (Lipinski definition) is 1. The fourth-order valence-electron chi connectivity index (χ4n) is 1.50. The van der Waals surface area contributed by atoms with Crippen LogP contribution in [0, 0.1) is 5.92 Å². The number of hydrogen-bond acceptors (Lipinski definition) is 2. The van der Waals surface area contributed by atoms with Crippen molar-refractivity contribution in [3.8, 4) is 5.75 Å². The number of rotatable bonds is 5. The highest BCUT2D eigenvalue weighted by molar-refractivity contribution is 5.27. The molecule has 1 atom stereocenters. The van der Waals surface area contributed by atoms with Crippen molar-refractivity contribution in [2.45, 2.75) is 26.1 Å². The maximum Gasteiger partial charge on any atom is 0.573 e. The number of alkyl halides is 3. The number of benzene rings is 1. The van der Waals surface area contributed by atoms with Crippen molar-refractivity contribution < 1.29 is 23.0 Å². The topological polar surface area (TPSA) is 29.5 Å². The van der Waals surface area contributed by atoms with Crippen LogP contribution in [-0.4, -0.2) is 18.1 Å². The van der Waals surface area contributed by atoms with Gasteiger partial charge in [0.25, 0.3) is 0 Å². The molecule has 0 heterocycles. The van der Waals surface area contributed by atoms with Gasteiger partial charge in [-0.15, -0.1) is 13.2 Å². The number of aliphatic hydroxyl groups is 1. The second kappa shape index (κ2) is 5.91. The molecule has 0 aliphatic heterocycles. The molecule has 96 valence electrons. The summed E-state index contributed by atoms with van der Waals surface area (Å²) in [4.78, 5) is 0. The van der Waals surface area contributed by atoms with Gasteiger partial charge in [-0.05, 0) is 30.0 Å². The first kappa shape index (κ1) is 13.8. The van der Waals surface area contributed by atoms with E-state index in [-0.39, 0.29) is 18.3 Å². The van der Waals surface area contributed by atoms with Gasteiger partial charge in [-0.2, -0.15) is 0 Å². The maximum absolute atomic E-state index is 11.9. The van der Waals surface area contributed by atoms with Crippen LogP contribution in [0.25, 0.3) is 0 Å². The van der Waals surface area contributed by atoms with Crippen molar-refractivity contribution in [1.29, 1.82) is 0 Å². The average Bonchev–Trinajstić information content (AvgIpc) is 2.26. The molecule has 0 aliphatic rings. The van der Waals surface area contributed by atoms with E-state index in [2.05, 4.69) is 4.74 Å². The smallest absolute Gasteiger partial charge is 0.406 e. The zero-order valence-corrected chi connectivity index (χ0v) is 9.50. The Balaban J connectivity index is 2.62. The quantitative estimate of drug-likeness (QED) is 0.867. The van der Waals surface area contributed by atoms with E-state index in [1.165, 1.54) is 12.1 Å². The molecule has 0 aromatic heterocycles. The van der Waals surface area contributed by atoms with Crippen molar-refractivity contribution in [2.24, 2.45) is 5.92 Å². The summed E-state index contributed by atoms with van der Waals surface area (Å²) in [7, 11) is 0. The Kier molecular flexibility index (Phi) is 4.81. The average molecular weight is 248 g/mol. The van der Waals surface area contributed by atoms with Crippen LogP contribution in [0.4, 0.5) is 13.2 Å². The monoisotopic (exact) mass is 248 g/mol. The molecule has 1 N–H and O–H groups in total. The first-order valence-electron chi connectivity index (χ1n) is 5.40. The van der Waals surface area contributed by atoms with Crippen LogP contribution in [-0.2, 0) is 6.42 Å². The minimum atomic E-state index is -4.65. The highest BCUT2D eigenvalue weighted by Gasteiger charge is 2.30. The summed E-state index contributed by atoms with van der Waals surface area (Å²) < 4.78 is 39.5. The zero-order valence-electron chi connectivity index (χ0n) is 9.50. The van der Waals surface area contributed by atoms with E-state index in [1.54, 1.807) is 12.1 Å². The normalized spacial score (nSPS) is 13.5. The molecule has 0 spiro atoms. The van der Waals surface area contributed by atoms with Crippen LogP contribution in [0.2, 0.25) is 0 Å². The Morgan fingerprint density at radius 3 is 2.24 bits per heavy atom. The summed E-state index contributed by atoms with van der Waals surface area (Å²) >= 11 is 0. The summed E-state index contributed by atoms with van der Waals surface area (Å²) in [5.41, 5.74) is 0.889. The molecule has 0 saturated heterocycles. The molecule has 17 heavy (non-hydrogen) atoms. The van der Waals surface area contributed by atoms with E-state index < -0.39 is 6.36 Å². The molecule has 0 aliphatic carbocycles. The highest BCUT2D eigenvalue weighted by atomic mass is 19.4. The second-order valence-corrected chi connectivity index (χ2v) is 3.85. The fraction of sp³-hybridized carbons (Fsp3) is 0.500. The summed E-state index contributed by atoms with van der Waals surface area (Å²) in [5, 5.41) is 9.02. The Bertz CT molecular complexity index is 329. The molecule has 0 radical (unpaired) electrons. The van der Waals surface area contributed by atoms with E-state index in [9.17, 15) is 13.2 Å². The van der Waals surface area contributed by atoms with Gasteiger partial charge in [0.05, 0.1) is 0 Å². The summed E-state index contributed by atoms with van der Waals surface area (Å²) in [5.74, 6) is -0.0809. The third kappa shape index (κ3) is 5.08. The molecule has 0 bridgehead atoms. The molecule has 0 amide bonds. The van der Waals surface area contributed by atoms with Crippen molar-refractivity contribution in [2.75, 3.05) is 6.61 Å². The van der Waals surface area contributed by atoms with Gasteiger partial charge in [0.2, 0.25) is 0 Å². The fourth-order valence-corrected chi connectivity index (χ4v) is 1.50. The molecule has 0 fully saturated rings. The van der Waals surface area contributed by atoms with Crippen LogP contribution in [0.1, 0.15) is 18.9 Å². The maximum atomic E-state index is 11.9. The predicted octanol–water partition coefficient (Wildman–Crippen LogP) is 3.15. The molecule has 1 rings (SSSR count).